The van der Waals surface area contributed by atoms with Crippen molar-refractivity contribution in [3.63, 3.8) is 0 Å². The molecule has 0 saturated carbocycles. The van der Waals surface area contributed by atoms with Gasteiger partial charge >= 0.3 is 0 Å². The second-order valence-corrected chi connectivity index (χ2v) is 1.95. The van der Waals surface area contributed by atoms with Crippen LogP contribution in [0.15, 0.2) is 20.0 Å². The molecule has 0 radical (unpaired) electrons. The molecule has 2 aliphatic heterocycles. The van der Waals surface area contributed by atoms with Gasteiger partial charge in [-0.2, -0.15) is 0 Å². The van der Waals surface area contributed by atoms with Gasteiger partial charge in [-0.15, -0.1) is 0 Å². The van der Waals surface area contributed by atoms with Gasteiger partial charge in [-0.3, -0.25) is 9.98 Å². The van der Waals surface area contributed by atoms with Gasteiger partial charge in [-0.05, 0) is 0 Å². The summed E-state index contributed by atoms with van der Waals surface area (Å²) in [6.45, 7) is 1.26. The van der Waals surface area contributed by atoms with Crippen LogP contribution < -0.4 is 0 Å². The Morgan fingerprint density at radius 2 is 1.40 bits per heavy atom. The van der Waals surface area contributed by atoms with E-state index in [9.17, 15) is 0 Å². The van der Waals surface area contributed by atoms with Crippen LogP contribution in [0.2, 0.25) is 0 Å². The van der Waals surface area contributed by atoms with Gasteiger partial charge in [-0.25, -0.2) is 9.98 Å². The lowest BCUT2D eigenvalue weighted by atomic mass is 10.4. The molecule has 50 valence electrons. The van der Waals surface area contributed by atoms with Gasteiger partial charge in [-0.1, -0.05) is 0 Å². The summed E-state index contributed by atoms with van der Waals surface area (Å²) in [6, 6.07) is 0. The number of aliphatic imine (C=N–C) groups is 4. The molecule has 2 aliphatic rings. The Morgan fingerprint density at radius 3 is 1.90 bits per heavy atom. The van der Waals surface area contributed by atoms with Gasteiger partial charge in [0.1, 0.15) is 0 Å². The van der Waals surface area contributed by atoms with E-state index in [4.69, 9.17) is 0 Å². The Hall–Kier alpha value is -1.32. The number of nitrogens with zero attached hydrogens (tertiary/aromatic N) is 4. The molecule has 0 aromatic carbocycles. The summed E-state index contributed by atoms with van der Waals surface area (Å²) in [6.07, 6.45) is 3.48. The van der Waals surface area contributed by atoms with E-state index < -0.39 is 0 Å². The highest BCUT2D eigenvalue weighted by Crippen LogP contribution is 1.97. The molecule has 0 aromatic heterocycles. The van der Waals surface area contributed by atoms with Crippen LogP contribution in [0.25, 0.3) is 0 Å². The molecule has 4 heteroatoms. The minimum Gasteiger partial charge on any atom is -0.258 e. The Labute approximate surface area is 58.1 Å². The van der Waals surface area contributed by atoms with E-state index in [2.05, 4.69) is 20.0 Å². The van der Waals surface area contributed by atoms with E-state index in [1.165, 1.54) is 0 Å². The SMILES string of the molecule is C1=NC2=NCC=NC2=NC1. The van der Waals surface area contributed by atoms with E-state index in [0.29, 0.717) is 24.8 Å². The van der Waals surface area contributed by atoms with Crippen molar-refractivity contribution in [3.05, 3.63) is 0 Å². The van der Waals surface area contributed by atoms with E-state index in [1.807, 2.05) is 0 Å². The third-order valence-electron chi connectivity index (χ3n) is 1.27. The van der Waals surface area contributed by atoms with Crippen LogP contribution in [0.5, 0.6) is 0 Å². The molecule has 0 bridgehead atoms. The van der Waals surface area contributed by atoms with Crippen LogP contribution in [0.1, 0.15) is 0 Å². The van der Waals surface area contributed by atoms with Crippen LogP contribution in [-0.2, 0) is 0 Å². The first-order chi connectivity index (χ1) is 4.97. The minimum atomic E-state index is 0.631. The number of rotatable bonds is 0. The second-order valence-electron chi connectivity index (χ2n) is 1.95. The highest BCUT2D eigenvalue weighted by molar-refractivity contribution is 6.44. The largest absolute Gasteiger partial charge is 0.258 e. The molecule has 0 saturated heterocycles. The summed E-state index contributed by atoms with van der Waals surface area (Å²) >= 11 is 0. The van der Waals surface area contributed by atoms with Crippen LogP contribution in [-0.4, -0.2) is 37.2 Å². The maximum absolute atomic E-state index is 4.09. The average Bonchev–Trinajstić information content (AvgIpc) is 2.05. The topological polar surface area (TPSA) is 49.4 Å². The summed E-state index contributed by atoms with van der Waals surface area (Å²) in [7, 11) is 0. The highest BCUT2D eigenvalue weighted by atomic mass is 15.1. The quantitative estimate of drug-likeness (QED) is 0.446. The van der Waals surface area contributed by atoms with Crippen molar-refractivity contribution in [2.45, 2.75) is 0 Å². The molecule has 0 aliphatic carbocycles. The molecule has 0 N–H and O–H groups in total. The first-order valence-electron chi connectivity index (χ1n) is 3.11. The zero-order chi connectivity index (χ0) is 6.81. The van der Waals surface area contributed by atoms with Crippen molar-refractivity contribution in [1.29, 1.82) is 0 Å². The first kappa shape index (κ1) is 5.46. The Morgan fingerprint density at radius 1 is 0.900 bits per heavy atom. The number of amidine groups is 2. The highest BCUT2D eigenvalue weighted by Gasteiger charge is 2.10. The van der Waals surface area contributed by atoms with E-state index in [-0.39, 0.29) is 0 Å². The molecular formula is C6H6N4. The Bertz CT molecular complexity index is 231. The van der Waals surface area contributed by atoms with E-state index >= 15 is 0 Å². The zero-order valence-electron chi connectivity index (χ0n) is 5.36. The van der Waals surface area contributed by atoms with Gasteiger partial charge < -0.3 is 0 Å². The monoisotopic (exact) mass is 134 g/mol. The third kappa shape index (κ3) is 0.775. The molecule has 0 spiro atoms. The van der Waals surface area contributed by atoms with Crippen LogP contribution in [0, 0.1) is 0 Å². The predicted octanol–water partition coefficient (Wildman–Crippen LogP) is -0.0478. The molecule has 0 atom stereocenters. The number of fused-ring (bicyclic) bond motifs is 1. The van der Waals surface area contributed by atoms with Crippen LogP contribution in [0.4, 0.5) is 0 Å². The molecule has 10 heavy (non-hydrogen) atoms. The van der Waals surface area contributed by atoms with Crippen molar-refractivity contribution >= 4 is 24.1 Å². The van der Waals surface area contributed by atoms with Crippen molar-refractivity contribution in [3.8, 4) is 0 Å². The summed E-state index contributed by atoms with van der Waals surface area (Å²) in [5, 5.41) is 0. The lowest BCUT2D eigenvalue weighted by molar-refractivity contribution is 1.22. The average molecular weight is 134 g/mol. The van der Waals surface area contributed by atoms with Gasteiger partial charge in [0.05, 0.1) is 13.1 Å². The normalized spacial score (nSPS) is 21.6. The van der Waals surface area contributed by atoms with Gasteiger partial charge in [0, 0.05) is 12.4 Å². The van der Waals surface area contributed by atoms with Crippen LogP contribution in [0.3, 0.4) is 0 Å². The maximum Gasteiger partial charge on any atom is 0.192 e. The Kier molecular flexibility index (Phi) is 1.16. The van der Waals surface area contributed by atoms with Crippen molar-refractivity contribution in [2.24, 2.45) is 20.0 Å². The molecule has 0 fully saturated rings. The second kappa shape index (κ2) is 2.13. The Balaban J connectivity index is 2.38. The first-order valence-corrected chi connectivity index (χ1v) is 3.11. The molecule has 2 heterocycles. The van der Waals surface area contributed by atoms with Crippen LogP contribution >= 0.6 is 0 Å². The zero-order valence-corrected chi connectivity index (χ0v) is 5.36. The number of hydrogen-bond acceptors (Lipinski definition) is 4. The standard InChI is InChI=1S/C6H6N4/c1-2-8-6-5(7-1)9-3-4-10-6/h1,4H,2-3H2. The maximum atomic E-state index is 4.09. The van der Waals surface area contributed by atoms with Crippen molar-refractivity contribution in [1.82, 2.24) is 0 Å². The molecule has 0 aromatic rings. The van der Waals surface area contributed by atoms with Gasteiger partial charge in [0.15, 0.2) is 11.7 Å². The molecular weight excluding hydrogens is 128 g/mol. The molecule has 0 amide bonds. The van der Waals surface area contributed by atoms with Gasteiger partial charge in [0.25, 0.3) is 0 Å². The third-order valence-corrected chi connectivity index (χ3v) is 1.27. The summed E-state index contributed by atoms with van der Waals surface area (Å²) in [4.78, 5) is 16.2. The predicted molar refractivity (Wildman–Crippen MR) is 41.6 cm³/mol. The molecule has 0 unspecified atom stereocenters. The lowest BCUT2D eigenvalue weighted by Gasteiger charge is -2.06. The molecule has 4 nitrogen and oxygen atoms in total. The van der Waals surface area contributed by atoms with Gasteiger partial charge in [0.2, 0.25) is 0 Å². The fraction of sp³-hybridized carbons (Fsp3) is 0.333. The van der Waals surface area contributed by atoms with E-state index in [1.54, 1.807) is 12.4 Å². The molecule has 2 rings (SSSR count). The van der Waals surface area contributed by atoms with Crippen molar-refractivity contribution in [2.75, 3.05) is 13.1 Å². The summed E-state index contributed by atoms with van der Waals surface area (Å²) in [5.74, 6) is 1.35. The lowest BCUT2D eigenvalue weighted by Crippen LogP contribution is -2.19. The smallest absolute Gasteiger partial charge is 0.192 e. The number of hydrogen-bond donors (Lipinski definition) is 0. The minimum absolute atomic E-state index is 0.631. The summed E-state index contributed by atoms with van der Waals surface area (Å²) < 4.78 is 0. The fourth-order valence-electron chi connectivity index (χ4n) is 0.848. The van der Waals surface area contributed by atoms with E-state index in [0.717, 1.165) is 0 Å². The summed E-state index contributed by atoms with van der Waals surface area (Å²) in [5.41, 5.74) is 0. The van der Waals surface area contributed by atoms with Crippen molar-refractivity contribution < 1.29 is 0 Å². The fourth-order valence-corrected chi connectivity index (χ4v) is 0.848.